The molecule has 0 spiro atoms. The third-order valence-electron chi connectivity index (χ3n) is 5.96. The van der Waals surface area contributed by atoms with Gasteiger partial charge in [-0.15, -0.1) is 0 Å². The molecule has 1 aliphatic rings. The van der Waals surface area contributed by atoms with Gasteiger partial charge >= 0.3 is 0 Å². The van der Waals surface area contributed by atoms with Crippen LogP contribution in [0.3, 0.4) is 0 Å². The summed E-state index contributed by atoms with van der Waals surface area (Å²) >= 11 is 0. The highest BCUT2D eigenvalue weighted by Gasteiger charge is 2.18. The summed E-state index contributed by atoms with van der Waals surface area (Å²) in [6.45, 7) is 9.04. The summed E-state index contributed by atoms with van der Waals surface area (Å²) in [6.07, 6.45) is 13.3. The van der Waals surface area contributed by atoms with Crippen LogP contribution in [0.5, 0.6) is 0 Å². The fourth-order valence-electron chi connectivity index (χ4n) is 4.37. The topological polar surface area (TPSA) is 26.0 Å². The molecular weight excluding hydrogens is 337 g/mol. The minimum Gasteiger partial charge on any atom is -0.356 e. The highest BCUT2D eigenvalue weighted by Crippen LogP contribution is 2.32. The van der Waals surface area contributed by atoms with Gasteiger partial charge in [0.05, 0.1) is 5.69 Å². The van der Waals surface area contributed by atoms with E-state index in [1.165, 1.54) is 50.7 Å². The Morgan fingerprint density at radius 2 is 1.70 bits per heavy atom. The van der Waals surface area contributed by atoms with Crippen molar-refractivity contribution >= 4 is 11.0 Å². The van der Waals surface area contributed by atoms with Crippen LogP contribution in [0.1, 0.15) is 104 Å². The van der Waals surface area contributed by atoms with E-state index in [1.807, 2.05) is 0 Å². The number of hydrogen-bond acceptors (Lipinski definition) is 2. The smallest absolute Gasteiger partial charge is 0.170 e. The lowest BCUT2D eigenvalue weighted by Gasteiger charge is -2.25. The van der Waals surface area contributed by atoms with Gasteiger partial charge in [-0.1, -0.05) is 84.2 Å². The average molecular weight is 376 g/mol. The zero-order valence-electron chi connectivity index (χ0n) is 17.8. The van der Waals surface area contributed by atoms with Crippen molar-refractivity contribution in [1.82, 2.24) is 5.16 Å². The van der Waals surface area contributed by atoms with Gasteiger partial charge < -0.3 is 4.52 Å². The third-order valence-corrected chi connectivity index (χ3v) is 5.96. The number of fused-ring (bicyclic) bond motifs is 1. The molecule has 0 unspecified atom stereocenters. The van der Waals surface area contributed by atoms with Crippen LogP contribution in [-0.2, 0) is 0 Å². The van der Waals surface area contributed by atoms with Crippen LogP contribution in [0.15, 0.2) is 22.7 Å². The Balaban J connectivity index is 0.000000223. The Morgan fingerprint density at radius 3 is 2.30 bits per heavy atom. The van der Waals surface area contributed by atoms with Crippen LogP contribution in [0.4, 0.5) is 4.39 Å². The van der Waals surface area contributed by atoms with Crippen molar-refractivity contribution in [1.29, 1.82) is 0 Å². The summed E-state index contributed by atoms with van der Waals surface area (Å²) in [7, 11) is 0. The van der Waals surface area contributed by atoms with Gasteiger partial charge in [-0.25, -0.2) is 4.39 Å². The minimum absolute atomic E-state index is 0.275. The summed E-state index contributed by atoms with van der Waals surface area (Å²) in [5, 5.41) is 5.09. The minimum atomic E-state index is -0.275. The fraction of sp³-hybridized carbons (Fsp3) is 0.708. The van der Waals surface area contributed by atoms with E-state index < -0.39 is 0 Å². The number of aromatic nitrogens is 1. The van der Waals surface area contributed by atoms with E-state index in [-0.39, 0.29) is 5.82 Å². The van der Waals surface area contributed by atoms with Gasteiger partial charge in [-0.3, -0.25) is 0 Å². The van der Waals surface area contributed by atoms with E-state index in [0.29, 0.717) is 11.5 Å². The predicted molar refractivity (Wildman–Crippen MR) is 113 cm³/mol. The molecule has 3 heteroatoms. The molecule has 1 heterocycles. The Kier molecular flexibility index (Phi) is 9.30. The summed E-state index contributed by atoms with van der Waals surface area (Å²) in [5.74, 6) is 2.26. The molecule has 0 bridgehead atoms. The molecule has 1 aromatic carbocycles. The molecule has 0 radical (unpaired) electrons. The van der Waals surface area contributed by atoms with E-state index >= 15 is 0 Å². The molecule has 0 atom stereocenters. The molecule has 3 rings (SSSR count). The first-order valence-corrected chi connectivity index (χ1v) is 11.1. The van der Waals surface area contributed by atoms with Gasteiger partial charge in [0.1, 0.15) is 5.82 Å². The molecule has 27 heavy (non-hydrogen) atoms. The first kappa shape index (κ1) is 21.9. The zero-order chi connectivity index (χ0) is 19.6. The van der Waals surface area contributed by atoms with Crippen LogP contribution in [0.25, 0.3) is 11.0 Å². The van der Waals surface area contributed by atoms with Crippen LogP contribution < -0.4 is 0 Å². The summed E-state index contributed by atoms with van der Waals surface area (Å²) in [4.78, 5) is 0. The van der Waals surface area contributed by atoms with Crippen molar-refractivity contribution in [3.63, 3.8) is 0 Å². The second kappa shape index (κ2) is 11.5. The van der Waals surface area contributed by atoms with Gasteiger partial charge in [0.25, 0.3) is 0 Å². The van der Waals surface area contributed by atoms with E-state index in [2.05, 4.69) is 32.9 Å². The Labute approximate surface area is 164 Å². The third kappa shape index (κ3) is 6.62. The SMILES string of the molecule is CCCC(CCC)c1noc2cc(F)ccc12.CCCC1CCC(C)CC1. The van der Waals surface area contributed by atoms with E-state index in [4.69, 9.17) is 4.52 Å². The zero-order valence-corrected chi connectivity index (χ0v) is 17.8. The molecule has 152 valence electrons. The molecule has 2 aromatic rings. The molecule has 1 saturated carbocycles. The molecule has 0 aliphatic heterocycles. The lowest BCUT2D eigenvalue weighted by atomic mass is 9.81. The van der Waals surface area contributed by atoms with Gasteiger partial charge in [-0.05, 0) is 36.8 Å². The molecule has 0 amide bonds. The standard InChI is InChI=1S/C14H18FNO.C10H20/c1-3-5-10(6-4-2)14-12-8-7-11(15)9-13(12)17-16-14;1-3-4-10-7-5-9(2)6-8-10/h7-10H,3-6H2,1-2H3;9-10H,3-8H2,1-2H3. The second-order valence-electron chi connectivity index (χ2n) is 8.40. The monoisotopic (exact) mass is 375 g/mol. The first-order valence-electron chi connectivity index (χ1n) is 11.1. The Bertz CT molecular complexity index is 651. The number of halogens is 1. The normalized spacial score (nSPS) is 19.9. The van der Waals surface area contributed by atoms with Crippen molar-refractivity contribution in [2.75, 3.05) is 0 Å². The van der Waals surface area contributed by atoms with Gasteiger partial charge in [0.2, 0.25) is 0 Å². The van der Waals surface area contributed by atoms with Crippen LogP contribution in [0, 0.1) is 17.7 Å². The molecular formula is C24H38FNO. The molecule has 1 aromatic heterocycles. The van der Waals surface area contributed by atoms with Crippen LogP contribution in [0.2, 0.25) is 0 Å². The summed E-state index contributed by atoms with van der Waals surface area (Å²) in [6, 6.07) is 4.65. The summed E-state index contributed by atoms with van der Waals surface area (Å²) < 4.78 is 18.3. The van der Waals surface area contributed by atoms with Gasteiger partial charge in [-0.2, -0.15) is 0 Å². The molecule has 0 saturated heterocycles. The molecule has 2 nitrogen and oxygen atoms in total. The lowest BCUT2D eigenvalue weighted by molar-refractivity contribution is 0.276. The van der Waals surface area contributed by atoms with E-state index in [0.717, 1.165) is 48.6 Å². The average Bonchev–Trinajstić information content (AvgIpc) is 3.07. The van der Waals surface area contributed by atoms with Crippen molar-refractivity contribution in [2.45, 2.75) is 97.8 Å². The number of hydrogen-bond donors (Lipinski definition) is 0. The fourth-order valence-corrected chi connectivity index (χ4v) is 4.37. The summed E-state index contributed by atoms with van der Waals surface area (Å²) in [5.41, 5.74) is 1.54. The van der Waals surface area contributed by atoms with Crippen molar-refractivity contribution in [2.24, 2.45) is 11.8 Å². The predicted octanol–water partition coefficient (Wildman–Crippen LogP) is 8.26. The van der Waals surface area contributed by atoms with E-state index in [1.54, 1.807) is 6.07 Å². The molecule has 0 N–H and O–H groups in total. The number of rotatable bonds is 7. The van der Waals surface area contributed by atoms with E-state index in [9.17, 15) is 4.39 Å². The number of benzene rings is 1. The highest BCUT2D eigenvalue weighted by atomic mass is 19.1. The quantitative estimate of drug-likeness (QED) is 0.486. The first-order chi connectivity index (χ1) is 13.1. The Morgan fingerprint density at radius 1 is 1.04 bits per heavy atom. The van der Waals surface area contributed by atoms with Crippen LogP contribution >= 0.6 is 0 Å². The maximum atomic E-state index is 13.1. The molecule has 1 aliphatic carbocycles. The maximum absolute atomic E-state index is 13.1. The van der Waals surface area contributed by atoms with Crippen molar-refractivity contribution in [3.8, 4) is 0 Å². The maximum Gasteiger partial charge on any atom is 0.170 e. The Hall–Kier alpha value is -1.38. The largest absolute Gasteiger partial charge is 0.356 e. The lowest BCUT2D eigenvalue weighted by Crippen LogP contribution is -2.11. The second-order valence-corrected chi connectivity index (χ2v) is 8.40. The highest BCUT2D eigenvalue weighted by molar-refractivity contribution is 5.79. The van der Waals surface area contributed by atoms with Gasteiger partial charge in [0, 0.05) is 17.4 Å². The van der Waals surface area contributed by atoms with Crippen molar-refractivity contribution in [3.05, 3.63) is 29.7 Å². The van der Waals surface area contributed by atoms with Gasteiger partial charge in [0.15, 0.2) is 5.58 Å². The number of nitrogens with zero attached hydrogens (tertiary/aromatic N) is 1. The molecule has 1 fully saturated rings. The van der Waals surface area contributed by atoms with Crippen molar-refractivity contribution < 1.29 is 8.91 Å². The van der Waals surface area contributed by atoms with Crippen LogP contribution in [-0.4, -0.2) is 5.16 Å².